The lowest BCUT2D eigenvalue weighted by atomic mass is 10.0. The number of hydrogen-bond acceptors (Lipinski definition) is 4. The summed E-state index contributed by atoms with van der Waals surface area (Å²) < 4.78 is 24.8. The normalized spacial score (nSPS) is 10.9. The maximum atomic E-state index is 13.9. The first-order chi connectivity index (χ1) is 14.7. The van der Waals surface area contributed by atoms with Gasteiger partial charge in [0.2, 0.25) is 0 Å². The van der Waals surface area contributed by atoms with Gasteiger partial charge in [-0.2, -0.15) is 5.26 Å². The second-order valence-electron chi connectivity index (χ2n) is 6.46. The van der Waals surface area contributed by atoms with E-state index in [1.807, 2.05) is 36.4 Å². The average molecular weight is 401 g/mol. The van der Waals surface area contributed by atoms with Crippen molar-refractivity contribution in [3.63, 3.8) is 0 Å². The van der Waals surface area contributed by atoms with Crippen molar-refractivity contribution in [2.24, 2.45) is 0 Å². The fourth-order valence-corrected chi connectivity index (χ4v) is 2.75. The smallest absolute Gasteiger partial charge is 0.311 e. The summed E-state index contributed by atoms with van der Waals surface area (Å²) in [6, 6.07) is 24.2. The van der Waals surface area contributed by atoms with Crippen molar-refractivity contribution >= 4 is 17.6 Å². The molecule has 0 unspecified atom stereocenters. The quantitative estimate of drug-likeness (QED) is 0.161. The highest BCUT2D eigenvalue weighted by Crippen LogP contribution is 2.22. The highest BCUT2D eigenvalue weighted by Gasteiger charge is 2.08. The van der Waals surface area contributed by atoms with Gasteiger partial charge in [-0.15, -0.1) is 0 Å². The van der Waals surface area contributed by atoms with E-state index in [0.29, 0.717) is 24.3 Å². The van der Waals surface area contributed by atoms with Gasteiger partial charge < -0.3 is 9.47 Å². The van der Waals surface area contributed by atoms with E-state index in [4.69, 9.17) is 9.47 Å². The zero-order chi connectivity index (χ0) is 21.2. The molecule has 0 aliphatic heterocycles. The minimum Gasteiger partial charge on any atom is -0.494 e. The fourth-order valence-electron chi connectivity index (χ4n) is 2.75. The number of hydrogen-bond donors (Lipinski definition) is 0. The van der Waals surface area contributed by atoms with Gasteiger partial charge in [-0.1, -0.05) is 48.5 Å². The van der Waals surface area contributed by atoms with Gasteiger partial charge in [-0.05, 0) is 48.4 Å². The first-order valence-electron chi connectivity index (χ1n) is 9.51. The van der Waals surface area contributed by atoms with E-state index in [0.717, 1.165) is 5.75 Å². The molecule has 4 nitrogen and oxygen atoms in total. The number of para-hydroxylation sites is 1. The van der Waals surface area contributed by atoms with Gasteiger partial charge in [0.05, 0.1) is 18.2 Å². The molecule has 0 spiro atoms. The van der Waals surface area contributed by atoms with E-state index in [2.05, 4.69) is 0 Å². The van der Waals surface area contributed by atoms with Gasteiger partial charge in [0.15, 0.2) is 0 Å². The number of nitrogens with zero attached hydrogens (tertiary/aromatic N) is 1. The summed E-state index contributed by atoms with van der Waals surface area (Å²) in [5, 5.41) is 9.35. The summed E-state index contributed by atoms with van der Waals surface area (Å²) in [5.41, 5.74) is 1.16. The largest absolute Gasteiger partial charge is 0.494 e. The molecule has 0 bridgehead atoms. The molecule has 0 radical (unpaired) electrons. The van der Waals surface area contributed by atoms with Gasteiger partial charge in [-0.25, -0.2) is 4.39 Å². The number of allylic oxidation sites excluding steroid dienone is 1. The van der Waals surface area contributed by atoms with Crippen LogP contribution in [0, 0.1) is 17.1 Å². The summed E-state index contributed by atoms with van der Waals surface area (Å²) in [7, 11) is 0. The lowest BCUT2D eigenvalue weighted by Gasteiger charge is -2.07. The lowest BCUT2D eigenvalue weighted by molar-refractivity contribution is -0.134. The highest BCUT2D eigenvalue weighted by atomic mass is 19.1. The summed E-state index contributed by atoms with van der Waals surface area (Å²) in [5.74, 6) is 0.373. The number of nitriles is 1. The number of rotatable bonds is 8. The van der Waals surface area contributed by atoms with E-state index in [9.17, 15) is 14.4 Å². The van der Waals surface area contributed by atoms with Crippen LogP contribution in [0.3, 0.4) is 0 Å². The van der Waals surface area contributed by atoms with Crippen LogP contribution in [0.15, 0.2) is 78.9 Å². The Labute approximate surface area is 174 Å². The molecule has 3 aromatic carbocycles. The van der Waals surface area contributed by atoms with Crippen molar-refractivity contribution in [1.29, 1.82) is 5.26 Å². The molecular weight excluding hydrogens is 381 g/mol. The van der Waals surface area contributed by atoms with E-state index in [-0.39, 0.29) is 23.5 Å². The van der Waals surface area contributed by atoms with E-state index >= 15 is 0 Å². The monoisotopic (exact) mass is 401 g/mol. The summed E-state index contributed by atoms with van der Waals surface area (Å²) in [4.78, 5) is 12.0. The minimum atomic E-state index is -0.452. The van der Waals surface area contributed by atoms with Crippen molar-refractivity contribution in [3.8, 4) is 17.6 Å². The van der Waals surface area contributed by atoms with Crippen molar-refractivity contribution in [3.05, 3.63) is 95.8 Å². The maximum Gasteiger partial charge on any atom is 0.311 e. The van der Waals surface area contributed by atoms with Crippen molar-refractivity contribution < 1.29 is 18.7 Å². The number of esters is 1. The molecule has 0 aliphatic rings. The molecule has 150 valence electrons. The van der Waals surface area contributed by atoms with Gasteiger partial charge in [0.25, 0.3) is 0 Å². The Kier molecular flexibility index (Phi) is 7.34. The fraction of sp³-hybridized carbons (Fsp3) is 0.120. The average Bonchev–Trinajstić information content (AvgIpc) is 2.77. The zero-order valence-electron chi connectivity index (χ0n) is 16.3. The molecule has 0 saturated heterocycles. The van der Waals surface area contributed by atoms with Crippen LogP contribution in [0.2, 0.25) is 0 Å². The third-order valence-electron chi connectivity index (χ3n) is 4.24. The Morgan fingerprint density at radius 1 is 0.933 bits per heavy atom. The second-order valence-corrected chi connectivity index (χ2v) is 6.46. The molecular formula is C25H20FNO3. The Morgan fingerprint density at radius 2 is 1.63 bits per heavy atom. The van der Waals surface area contributed by atoms with Crippen LogP contribution in [-0.2, 0) is 4.79 Å². The highest BCUT2D eigenvalue weighted by molar-refractivity contribution is 5.89. The minimum absolute atomic E-state index is 0.219. The third-order valence-corrected chi connectivity index (χ3v) is 4.24. The number of benzene rings is 3. The predicted octanol–water partition coefficient (Wildman–Crippen LogP) is 5.65. The summed E-state index contributed by atoms with van der Waals surface area (Å²) in [6.45, 7) is 0.426. The van der Waals surface area contributed by atoms with Crippen LogP contribution in [-0.4, -0.2) is 12.6 Å². The number of ether oxygens (including phenoxy) is 2. The molecule has 0 heterocycles. The molecule has 3 aromatic rings. The molecule has 30 heavy (non-hydrogen) atoms. The molecule has 0 N–H and O–H groups in total. The molecule has 0 fully saturated rings. The molecule has 0 amide bonds. The Morgan fingerprint density at radius 3 is 2.33 bits per heavy atom. The molecule has 0 aliphatic carbocycles. The predicted molar refractivity (Wildman–Crippen MR) is 113 cm³/mol. The maximum absolute atomic E-state index is 13.9. The molecule has 5 heteroatoms. The second kappa shape index (κ2) is 10.6. The Hall–Kier alpha value is -3.91. The van der Waals surface area contributed by atoms with Crippen LogP contribution in [0.1, 0.15) is 24.0 Å². The Bertz CT molecular complexity index is 1050. The van der Waals surface area contributed by atoms with Gasteiger partial charge in [-0.3, -0.25) is 4.79 Å². The lowest BCUT2D eigenvalue weighted by Crippen LogP contribution is -2.09. The van der Waals surface area contributed by atoms with Crippen molar-refractivity contribution in [2.45, 2.75) is 12.8 Å². The van der Waals surface area contributed by atoms with Crippen molar-refractivity contribution in [1.82, 2.24) is 0 Å². The SMILES string of the molecule is N#C/C(=C/c1ccc(OC(=O)CCCOc2ccccc2)cc1)c1ccccc1F. The molecule has 0 atom stereocenters. The topological polar surface area (TPSA) is 59.3 Å². The summed E-state index contributed by atoms with van der Waals surface area (Å²) >= 11 is 0. The molecule has 0 saturated carbocycles. The first-order valence-corrected chi connectivity index (χ1v) is 9.51. The van der Waals surface area contributed by atoms with E-state index in [1.54, 1.807) is 48.5 Å². The zero-order valence-corrected chi connectivity index (χ0v) is 16.3. The number of carbonyl (C=O) groups is 1. The first kappa shape index (κ1) is 20.8. The number of carbonyl (C=O) groups excluding carboxylic acids is 1. The van der Waals surface area contributed by atoms with Crippen LogP contribution in [0.25, 0.3) is 11.6 Å². The van der Waals surface area contributed by atoms with E-state index < -0.39 is 5.82 Å². The van der Waals surface area contributed by atoms with Crippen LogP contribution < -0.4 is 9.47 Å². The number of halogens is 1. The molecule has 3 rings (SSSR count). The third kappa shape index (κ3) is 6.05. The van der Waals surface area contributed by atoms with Gasteiger partial charge in [0, 0.05) is 12.0 Å². The van der Waals surface area contributed by atoms with E-state index in [1.165, 1.54) is 6.07 Å². The standard InChI is InChI=1S/C25H20FNO3/c26-24-10-5-4-9-23(24)20(18-27)17-19-12-14-22(15-13-19)30-25(28)11-6-16-29-21-7-2-1-3-8-21/h1-5,7-10,12-15,17H,6,11,16H2/b20-17-. The van der Waals surface area contributed by atoms with Crippen LogP contribution in [0.5, 0.6) is 11.5 Å². The Balaban J connectivity index is 1.52. The van der Waals surface area contributed by atoms with Crippen molar-refractivity contribution in [2.75, 3.05) is 6.61 Å². The van der Waals surface area contributed by atoms with Gasteiger partial charge in [0.1, 0.15) is 17.3 Å². The van der Waals surface area contributed by atoms with Crippen LogP contribution >= 0.6 is 0 Å². The van der Waals surface area contributed by atoms with Gasteiger partial charge >= 0.3 is 5.97 Å². The summed E-state index contributed by atoms with van der Waals surface area (Å²) in [6.07, 6.45) is 2.37. The molecule has 0 aromatic heterocycles. The van der Waals surface area contributed by atoms with Crippen LogP contribution in [0.4, 0.5) is 4.39 Å².